The Bertz CT molecular complexity index is 1740. The molecule has 1 aliphatic heterocycles. The lowest BCUT2D eigenvalue weighted by Crippen LogP contribution is -2.75. The number of hydrogen-bond acceptors (Lipinski definition) is 10. The van der Waals surface area contributed by atoms with Crippen molar-refractivity contribution in [1.29, 1.82) is 0 Å². The van der Waals surface area contributed by atoms with Gasteiger partial charge in [0.25, 0.3) is 5.91 Å². The third-order valence-corrected chi connectivity index (χ3v) is 12.8. The Balaban J connectivity index is 1.42. The van der Waals surface area contributed by atoms with E-state index in [1.54, 1.807) is 88.4 Å². The molecule has 3 aliphatic carbocycles. The minimum Gasteiger partial charge on any atom is -0.456 e. The van der Waals surface area contributed by atoms with Crippen LogP contribution in [0.3, 0.4) is 0 Å². The fraction of sp³-hybridized carbons (Fsp3) is 0.550. The third-order valence-electron chi connectivity index (χ3n) is 12.8. The number of esters is 2. The number of ether oxygens (including phenoxy) is 3. The first-order valence-electron chi connectivity index (χ1n) is 17.6. The maximum absolute atomic E-state index is 14.9. The van der Waals surface area contributed by atoms with Crippen molar-refractivity contribution in [2.45, 2.75) is 103 Å². The summed E-state index contributed by atoms with van der Waals surface area (Å²) in [5.74, 6) is -4.04. The summed E-state index contributed by atoms with van der Waals surface area (Å²) >= 11 is 0. The largest absolute Gasteiger partial charge is 0.456 e. The monoisotopic (exact) mass is 703 g/mol. The van der Waals surface area contributed by atoms with Crippen LogP contribution in [-0.4, -0.2) is 81.7 Å². The quantitative estimate of drug-likeness (QED) is 0.246. The Morgan fingerprint density at radius 3 is 2.16 bits per heavy atom. The van der Waals surface area contributed by atoms with Crippen molar-refractivity contribution in [3.63, 3.8) is 0 Å². The smallest absolute Gasteiger partial charge is 0.338 e. The van der Waals surface area contributed by atoms with Gasteiger partial charge in [-0.1, -0.05) is 76.2 Å². The van der Waals surface area contributed by atoms with Crippen LogP contribution < -0.4 is 5.32 Å². The molecule has 11 nitrogen and oxygen atoms in total. The van der Waals surface area contributed by atoms with Crippen LogP contribution in [0.2, 0.25) is 0 Å². The summed E-state index contributed by atoms with van der Waals surface area (Å²) in [5, 5.41) is 39.1. The van der Waals surface area contributed by atoms with Gasteiger partial charge in [0, 0.05) is 36.2 Å². The van der Waals surface area contributed by atoms with Gasteiger partial charge in [0.2, 0.25) is 0 Å². The number of fused-ring (bicyclic) bond motifs is 5. The van der Waals surface area contributed by atoms with Crippen molar-refractivity contribution in [3.05, 3.63) is 82.9 Å². The summed E-state index contributed by atoms with van der Waals surface area (Å²) in [7, 11) is 0. The van der Waals surface area contributed by atoms with Crippen LogP contribution in [0.4, 0.5) is 0 Å². The van der Waals surface area contributed by atoms with Crippen molar-refractivity contribution < 1.29 is 48.7 Å². The maximum Gasteiger partial charge on any atom is 0.338 e. The molecule has 4 aliphatic rings. The zero-order valence-corrected chi connectivity index (χ0v) is 30.2. The first-order chi connectivity index (χ1) is 23.9. The molecule has 274 valence electrons. The number of Topliss-reactive ketones (excluding diaryl/α,β-unsaturated/α-hetero) is 1. The minimum atomic E-state index is -1.86. The van der Waals surface area contributed by atoms with E-state index in [1.807, 2.05) is 13.8 Å². The molecule has 4 N–H and O–H groups in total. The fourth-order valence-electron chi connectivity index (χ4n) is 9.98. The highest BCUT2D eigenvalue weighted by atomic mass is 16.6. The van der Waals surface area contributed by atoms with Gasteiger partial charge in [-0.2, -0.15) is 0 Å². The molecule has 51 heavy (non-hydrogen) atoms. The van der Waals surface area contributed by atoms with Crippen LogP contribution in [0.5, 0.6) is 0 Å². The predicted octanol–water partition coefficient (Wildman–Crippen LogP) is 3.85. The molecular weight excluding hydrogens is 654 g/mol. The summed E-state index contributed by atoms with van der Waals surface area (Å²) in [4.78, 5) is 54.8. The van der Waals surface area contributed by atoms with Gasteiger partial charge in [-0.05, 0) is 54.5 Å². The molecule has 0 aromatic heterocycles. The molecular formula is C40H49NO10. The molecule has 2 bridgehead atoms. The molecule has 2 aromatic rings. The molecule has 0 spiro atoms. The number of amides is 1. The van der Waals surface area contributed by atoms with Crippen LogP contribution in [0, 0.1) is 28.1 Å². The van der Waals surface area contributed by atoms with Gasteiger partial charge in [0.1, 0.15) is 6.10 Å². The Kier molecular flexibility index (Phi) is 9.36. The number of rotatable bonds is 7. The Hall–Kier alpha value is -3.90. The van der Waals surface area contributed by atoms with E-state index in [9.17, 15) is 34.5 Å². The highest BCUT2D eigenvalue weighted by molar-refractivity contribution is 5.95. The number of benzene rings is 2. The average molecular weight is 704 g/mol. The summed E-state index contributed by atoms with van der Waals surface area (Å²) < 4.78 is 17.8. The lowest BCUT2D eigenvalue weighted by molar-refractivity contribution is -0.302. The van der Waals surface area contributed by atoms with Crippen LogP contribution >= 0.6 is 0 Å². The second-order valence-electron chi connectivity index (χ2n) is 15.9. The Morgan fingerprint density at radius 1 is 0.980 bits per heavy atom. The number of aliphatic hydroxyl groups is 3. The number of aliphatic hydroxyl groups excluding tert-OH is 2. The van der Waals surface area contributed by atoms with E-state index in [-0.39, 0.29) is 24.5 Å². The zero-order valence-electron chi connectivity index (χ0n) is 30.2. The van der Waals surface area contributed by atoms with Crippen LogP contribution in [0.25, 0.3) is 0 Å². The summed E-state index contributed by atoms with van der Waals surface area (Å²) in [6, 6.07) is 15.8. The maximum atomic E-state index is 14.9. The molecule has 6 rings (SSSR count). The normalized spacial score (nSPS) is 36.5. The number of hydrogen-bond donors (Lipinski definition) is 4. The molecule has 2 saturated carbocycles. The number of nitrogens with one attached hydrogen (secondary N) is 1. The van der Waals surface area contributed by atoms with Gasteiger partial charge >= 0.3 is 11.9 Å². The molecule has 1 amide bonds. The molecule has 11 atom stereocenters. The van der Waals surface area contributed by atoms with E-state index in [1.165, 1.54) is 6.92 Å². The second kappa shape index (κ2) is 12.9. The number of carbonyl (C=O) groups is 4. The molecule has 3 fully saturated rings. The first-order valence-corrected chi connectivity index (χ1v) is 17.6. The average Bonchev–Trinajstić information content (AvgIpc) is 3.09. The predicted molar refractivity (Wildman–Crippen MR) is 185 cm³/mol. The van der Waals surface area contributed by atoms with E-state index in [0.29, 0.717) is 23.3 Å². The molecule has 2 aromatic carbocycles. The molecule has 1 heterocycles. The lowest BCUT2D eigenvalue weighted by Gasteiger charge is -2.68. The number of carbonyl (C=O) groups excluding carboxylic acids is 4. The van der Waals surface area contributed by atoms with Crippen molar-refractivity contribution in [3.8, 4) is 0 Å². The van der Waals surface area contributed by atoms with Crippen molar-refractivity contribution >= 4 is 23.6 Å². The highest BCUT2D eigenvalue weighted by Crippen LogP contribution is 2.67. The summed E-state index contributed by atoms with van der Waals surface area (Å²) in [6.45, 7) is 12.3. The van der Waals surface area contributed by atoms with Crippen molar-refractivity contribution in [2.24, 2.45) is 28.1 Å². The SMILES string of the molecule is CC(=O)O[C@H]1C(=O)[C@@]2(C)[C@H]([C@H](C)[C@]3(O)C[C@H](OC(=O)[C@H](O)[C@@H](NC(=O)c4ccccc4)c4ccccc4)C(C)=C1C3(C)C)[C@]1(C)CO[C@@H]1C[C@@H]2O. The molecule has 1 saturated heterocycles. The zero-order chi connectivity index (χ0) is 37.3. The minimum absolute atomic E-state index is 0.105. The van der Waals surface area contributed by atoms with Crippen LogP contribution in [0.1, 0.15) is 83.3 Å². The topological polar surface area (TPSA) is 169 Å². The number of ketones is 1. The molecule has 11 heteroatoms. The molecule has 0 unspecified atom stereocenters. The van der Waals surface area contributed by atoms with E-state index < -0.39 is 87.8 Å². The lowest BCUT2D eigenvalue weighted by atomic mass is 9.40. The Labute approximate surface area is 298 Å². The van der Waals surface area contributed by atoms with Crippen molar-refractivity contribution in [2.75, 3.05) is 6.61 Å². The van der Waals surface area contributed by atoms with Crippen LogP contribution in [-0.2, 0) is 28.6 Å². The fourth-order valence-corrected chi connectivity index (χ4v) is 9.98. The second-order valence-corrected chi connectivity index (χ2v) is 15.9. The third kappa shape index (κ3) is 5.64. The van der Waals surface area contributed by atoms with E-state index in [2.05, 4.69) is 5.32 Å². The van der Waals surface area contributed by atoms with Gasteiger partial charge in [-0.25, -0.2) is 4.79 Å². The Morgan fingerprint density at radius 2 is 1.59 bits per heavy atom. The van der Waals surface area contributed by atoms with Gasteiger partial charge in [0.05, 0.1) is 35.9 Å². The first kappa shape index (κ1) is 36.9. The van der Waals surface area contributed by atoms with E-state index in [0.717, 1.165) is 0 Å². The standard InChI is InChI=1S/C40H49NO10/c1-21-26(51-36(47)31(44)30(24-14-10-8-11-15-24)41-35(46)25-16-12-9-13-17-25)19-40(48)22(2)33-38(6)20-49-28(38)18-27(43)39(33,7)34(45)32(50-23(3)42)29(21)37(40,4)5/h8-17,22,26-28,30-33,43-44,48H,18-20H2,1-7H3,(H,41,46)/t22-,26-,27-,28+,30-,31+,32+,33+,38+,39+,40+/m0/s1. The van der Waals surface area contributed by atoms with E-state index >= 15 is 0 Å². The summed E-state index contributed by atoms with van der Waals surface area (Å²) in [6.07, 6.45) is -5.86. The molecule has 0 radical (unpaired) electrons. The van der Waals surface area contributed by atoms with Gasteiger partial charge < -0.3 is 34.8 Å². The van der Waals surface area contributed by atoms with Crippen molar-refractivity contribution in [1.82, 2.24) is 5.32 Å². The van der Waals surface area contributed by atoms with E-state index in [4.69, 9.17) is 14.2 Å². The summed E-state index contributed by atoms with van der Waals surface area (Å²) in [5.41, 5.74) is -3.37. The van der Waals surface area contributed by atoms with Gasteiger partial charge in [-0.15, -0.1) is 0 Å². The van der Waals surface area contributed by atoms with Gasteiger partial charge in [0.15, 0.2) is 18.0 Å². The van der Waals surface area contributed by atoms with Crippen LogP contribution in [0.15, 0.2) is 71.8 Å². The highest BCUT2D eigenvalue weighted by Gasteiger charge is 2.73. The van der Waals surface area contributed by atoms with Gasteiger partial charge in [-0.3, -0.25) is 14.4 Å².